The summed E-state index contributed by atoms with van der Waals surface area (Å²) in [7, 11) is 0. The molecule has 0 saturated heterocycles. The van der Waals surface area contributed by atoms with Crippen LogP contribution in [0.15, 0.2) is 41.1 Å². The van der Waals surface area contributed by atoms with Crippen molar-refractivity contribution in [2.75, 3.05) is 16.8 Å². The van der Waals surface area contributed by atoms with Crippen LogP contribution in [0.3, 0.4) is 0 Å². The number of anilines is 2. The predicted octanol–water partition coefficient (Wildman–Crippen LogP) is 3.96. The zero-order valence-electron chi connectivity index (χ0n) is 14.2. The molecule has 26 heavy (non-hydrogen) atoms. The Kier molecular flexibility index (Phi) is 4.57. The number of thiophene rings is 1. The quantitative estimate of drug-likeness (QED) is 0.742. The van der Waals surface area contributed by atoms with Crippen LogP contribution in [0.5, 0.6) is 0 Å². The largest absolute Gasteiger partial charge is 0.312 e. The van der Waals surface area contributed by atoms with E-state index in [0.29, 0.717) is 11.6 Å². The van der Waals surface area contributed by atoms with Crippen molar-refractivity contribution in [3.8, 4) is 11.3 Å². The van der Waals surface area contributed by atoms with Crippen LogP contribution in [-0.2, 0) is 22.4 Å². The van der Waals surface area contributed by atoms with Crippen LogP contribution in [0.1, 0.15) is 17.4 Å². The summed E-state index contributed by atoms with van der Waals surface area (Å²) in [5.41, 5.74) is 3.90. The van der Waals surface area contributed by atoms with E-state index in [1.807, 2.05) is 35.0 Å². The molecule has 0 radical (unpaired) electrons. The highest BCUT2D eigenvalue weighted by molar-refractivity contribution is 7.14. The summed E-state index contributed by atoms with van der Waals surface area (Å²) >= 11 is 2.97. The van der Waals surface area contributed by atoms with Crippen molar-refractivity contribution in [1.82, 2.24) is 4.98 Å². The monoisotopic (exact) mass is 383 g/mol. The van der Waals surface area contributed by atoms with Crippen LogP contribution in [0.4, 0.5) is 10.8 Å². The highest BCUT2D eigenvalue weighted by Crippen LogP contribution is 2.34. The number of fused-ring (bicyclic) bond motifs is 1. The molecule has 2 amide bonds. The van der Waals surface area contributed by atoms with Gasteiger partial charge in [0, 0.05) is 35.0 Å². The van der Waals surface area contributed by atoms with Gasteiger partial charge < -0.3 is 10.2 Å². The van der Waals surface area contributed by atoms with Gasteiger partial charge in [-0.25, -0.2) is 4.98 Å². The standard InChI is InChI=1S/C19H17N3O2S2/c1-12(23)22-7-6-13-4-5-14(9-17(13)22)16-11-26-19(20-16)21-18(24)10-15-3-2-8-25-15/h2-5,8-9,11H,6-7,10H2,1H3,(H,20,21,24). The molecule has 0 fully saturated rings. The summed E-state index contributed by atoms with van der Waals surface area (Å²) in [5, 5.41) is 7.34. The third-order valence-corrected chi connectivity index (χ3v) is 5.96. The normalized spacial score (nSPS) is 12.9. The van der Waals surface area contributed by atoms with Crippen molar-refractivity contribution in [1.29, 1.82) is 0 Å². The molecule has 0 atom stereocenters. The van der Waals surface area contributed by atoms with Crippen LogP contribution >= 0.6 is 22.7 Å². The second-order valence-electron chi connectivity index (χ2n) is 6.11. The lowest BCUT2D eigenvalue weighted by Gasteiger charge is -2.15. The SMILES string of the molecule is CC(=O)N1CCc2ccc(-c3csc(NC(=O)Cc4cccs4)n3)cc21. The molecule has 1 aliphatic heterocycles. The molecule has 1 N–H and O–H groups in total. The number of nitrogens with one attached hydrogen (secondary N) is 1. The van der Waals surface area contributed by atoms with Crippen LogP contribution < -0.4 is 10.2 Å². The highest BCUT2D eigenvalue weighted by atomic mass is 32.1. The molecule has 2 aromatic heterocycles. The van der Waals surface area contributed by atoms with Gasteiger partial charge in [0.2, 0.25) is 11.8 Å². The minimum absolute atomic E-state index is 0.0562. The van der Waals surface area contributed by atoms with E-state index >= 15 is 0 Å². The third-order valence-electron chi connectivity index (χ3n) is 4.32. The first-order chi connectivity index (χ1) is 12.6. The molecule has 0 unspecified atom stereocenters. The molecule has 1 aromatic carbocycles. The van der Waals surface area contributed by atoms with E-state index < -0.39 is 0 Å². The minimum atomic E-state index is -0.0648. The van der Waals surface area contributed by atoms with E-state index in [1.54, 1.807) is 23.2 Å². The number of nitrogens with zero attached hydrogens (tertiary/aromatic N) is 2. The Bertz CT molecular complexity index is 963. The zero-order valence-corrected chi connectivity index (χ0v) is 15.8. The van der Waals surface area contributed by atoms with Crippen molar-refractivity contribution < 1.29 is 9.59 Å². The molecular weight excluding hydrogens is 366 g/mol. The second kappa shape index (κ2) is 7.01. The van der Waals surface area contributed by atoms with E-state index in [4.69, 9.17) is 0 Å². The van der Waals surface area contributed by atoms with Crippen LogP contribution in [-0.4, -0.2) is 23.3 Å². The fourth-order valence-corrected chi connectivity index (χ4v) is 4.50. The average Bonchev–Trinajstić information content (AvgIpc) is 3.34. The van der Waals surface area contributed by atoms with Gasteiger partial charge in [-0.2, -0.15) is 0 Å². The van der Waals surface area contributed by atoms with Gasteiger partial charge in [-0.15, -0.1) is 22.7 Å². The summed E-state index contributed by atoms with van der Waals surface area (Å²) < 4.78 is 0. The first kappa shape index (κ1) is 16.9. The number of hydrogen-bond donors (Lipinski definition) is 1. The van der Waals surface area contributed by atoms with Gasteiger partial charge in [0.1, 0.15) is 0 Å². The molecule has 3 aromatic rings. The van der Waals surface area contributed by atoms with Gasteiger partial charge >= 0.3 is 0 Å². The molecule has 0 aliphatic carbocycles. The Morgan fingerprint density at radius 3 is 2.92 bits per heavy atom. The smallest absolute Gasteiger partial charge is 0.231 e. The molecule has 132 valence electrons. The molecule has 1 aliphatic rings. The lowest BCUT2D eigenvalue weighted by Crippen LogP contribution is -2.25. The molecule has 4 rings (SSSR count). The number of benzene rings is 1. The number of carbonyl (C=O) groups is 2. The maximum atomic E-state index is 12.1. The summed E-state index contributed by atoms with van der Waals surface area (Å²) in [5.74, 6) is -0.00855. The predicted molar refractivity (Wildman–Crippen MR) is 106 cm³/mol. The maximum absolute atomic E-state index is 12.1. The Hall–Kier alpha value is -2.51. The molecule has 3 heterocycles. The number of amides is 2. The number of rotatable bonds is 4. The second-order valence-corrected chi connectivity index (χ2v) is 8.00. The maximum Gasteiger partial charge on any atom is 0.231 e. The Morgan fingerprint density at radius 2 is 2.15 bits per heavy atom. The molecule has 7 heteroatoms. The fourth-order valence-electron chi connectivity index (χ4n) is 3.06. The number of aromatic nitrogens is 1. The van der Waals surface area contributed by atoms with Gasteiger partial charge in [-0.3, -0.25) is 9.59 Å². The van der Waals surface area contributed by atoms with Gasteiger partial charge in [0.05, 0.1) is 12.1 Å². The summed E-state index contributed by atoms with van der Waals surface area (Å²) in [6.45, 7) is 2.32. The summed E-state index contributed by atoms with van der Waals surface area (Å²) in [4.78, 5) is 31.3. The van der Waals surface area contributed by atoms with Crippen LogP contribution in [0.25, 0.3) is 11.3 Å². The first-order valence-corrected chi connectivity index (χ1v) is 10.1. The average molecular weight is 383 g/mol. The van der Waals surface area contributed by atoms with Crippen molar-refractivity contribution >= 4 is 45.3 Å². The Balaban J connectivity index is 1.51. The summed E-state index contributed by atoms with van der Waals surface area (Å²) in [6.07, 6.45) is 1.25. The van der Waals surface area contributed by atoms with Crippen molar-refractivity contribution in [3.05, 3.63) is 51.5 Å². The number of thiazole rings is 1. The molecule has 5 nitrogen and oxygen atoms in total. The van der Waals surface area contributed by atoms with Crippen molar-refractivity contribution in [2.45, 2.75) is 19.8 Å². The van der Waals surface area contributed by atoms with Crippen molar-refractivity contribution in [2.24, 2.45) is 0 Å². The summed E-state index contributed by atoms with van der Waals surface area (Å²) in [6, 6.07) is 9.97. The highest BCUT2D eigenvalue weighted by Gasteiger charge is 2.22. The topological polar surface area (TPSA) is 62.3 Å². The van der Waals surface area contributed by atoms with E-state index in [2.05, 4.69) is 16.4 Å². The lowest BCUT2D eigenvalue weighted by atomic mass is 10.1. The molecular formula is C19H17N3O2S2. The fraction of sp³-hybridized carbons (Fsp3) is 0.211. The van der Waals surface area contributed by atoms with E-state index in [0.717, 1.165) is 34.8 Å². The van der Waals surface area contributed by atoms with Gasteiger partial charge in [0.15, 0.2) is 5.13 Å². The van der Waals surface area contributed by atoms with E-state index in [9.17, 15) is 9.59 Å². The molecule has 0 saturated carbocycles. The van der Waals surface area contributed by atoms with Gasteiger partial charge in [0.25, 0.3) is 0 Å². The molecule has 0 bridgehead atoms. The zero-order chi connectivity index (χ0) is 18.1. The minimum Gasteiger partial charge on any atom is -0.312 e. The van der Waals surface area contributed by atoms with Crippen LogP contribution in [0.2, 0.25) is 0 Å². The Labute approximate surface area is 159 Å². The van der Waals surface area contributed by atoms with Gasteiger partial charge in [-0.05, 0) is 29.5 Å². The molecule has 0 spiro atoms. The van der Waals surface area contributed by atoms with Crippen molar-refractivity contribution in [3.63, 3.8) is 0 Å². The lowest BCUT2D eigenvalue weighted by molar-refractivity contribution is -0.116. The number of carbonyl (C=O) groups excluding carboxylic acids is 2. The van der Waals surface area contributed by atoms with Gasteiger partial charge in [-0.1, -0.05) is 18.2 Å². The van der Waals surface area contributed by atoms with E-state index in [-0.39, 0.29) is 11.8 Å². The van der Waals surface area contributed by atoms with E-state index in [1.165, 1.54) is 16.9 Å². The van der Waals surface area contributed by atoms with Crippen LogP contribution in [0, 0.1) is 0 Å². The Morgan fingerprint density at radius 1 is 1.27 bits per heavy atom. The first-order valence-electron chi connectivity index (χ1n) is 8.29. The number of hydrogen-bond acceptors (Lipinski definition) is 5. The third kappa shape index (κ3) is 3.40.